The third kappa shape index (κ3) is 3.37. The highest BCUT2D eigenvalue weighted by molar-refractivity contribution is 7.17. The lowest BCUT2D eigenvalue weighted by atomic mass is 10.1. The van der Waals surface area contributed by atoms with E-state index in [0.29, 0.717) is 11.5 Å². The molecule has 0 atom stereocenters. The number of carboxylic acids is 1. The minimum absolute atomic E-state index is 0. The number of fused-ring (bicyclic) bond motifs is 1. The fraction of sp³-hybridized carbons (Fsp3) is 0. The number of rotatable bonds is 4. The van der Waals surface area contributed by atoms with Gasteiger partial charge in [0.25, 0.3) is 0 Å². The number of halogens is 1. The molecule has 2 aromatic carbocycles. The number of aromatic nitrogens is 2. The van der Waals surface area contributed by atoms with Gasteiger partial charge < -0.3 is 10.4 Å². The molecule has 5 nitrogen and oxygen atoms in total. The van der Waals surface area contributed by atoms with E-state index < -0.39 is 5.97 Å². The highest BCUT2D eigenvalue weighted by Crippen LogP contribution is 2.37. The second-order valence-electron chi connectivity index (χ2n) is 5.43. The summed E-state index contributed by atoms with van der Waals surface area (Å²) in [4.78, 5) is 20.8. The van der Waals surface area contributed by atoms with Gasteiger partial charge in [-0.2, -0.15) is 0 Å². The van der Waals surface area contributed by atoms with Crippen molar-refractivity contribution in [1.82, 2.24) is 9.97 Å². The van der Waals surface area contributed by atoms with Crippen molar-refractivity contribution < 1.29 is 9.90 Å². The Morgan fingerprint density at radius 1 is 1.04 bits per heavy atom. The largest absolute Gasteiger partial charge is 0.478 e. The van der Waals surface area contributed by atoms with Crippen LogP contribution in [0.25, 0.3) is 21.3 Å². The van der Waals surface area contributed by atoms with Gasteiger partial charge in [-0.25, -0.2) is 14.8 Å². The van der Waals surface area contributed by atoms with Crippen LogP contribution in [0.5, 0.6) is 0 Å². The molecule has 0 amide bonds. The summed E-state index contributed by atoms with van der Waals surface area (Å²) in [7, 11) is 0. The van der Waals surface area contributed by atoms with Crippen LogP contribution in [0, 0.1) is 0 Å². The molecule has 0 radical (unpaired) electrons. The van der Waals surface area contributed by atoms with Crippen molar-refractivity contribution in [3.8, 4) is 11.1 Å². The number of aromatic carboxylic acids is 1. The van der Waals surface area contributed by atoms with E-state index in [9.17, 15) is 4.79 Å². The van der Waals surface area contributed by atoms with Crippen molar-refractivity contribution in [2.75, 3.05) is 5.32 Å². The van der Waals surface area contributed by atoms with E-state index in [1.165, 1.54) is 6.33 Å². The molecule has 7 heteroatoms. The molecule has 130 valence electrons. The predicted molar refractivity (Wildman–Crippen MR) is 107 cm³/mol. The van der Waals surface area contributed by atoms with E-state index in [-0.39, 0.29) is 18.0 Å². The fourth-order valence-electron chi connectivity index (χ4n) is 2.67. The molecule has 0 saturated carbocycles. The molecule has 2 aromatic heterocycles. The lowest BCUT2D eigenvalue weighted by Gasteiger charge is -2.09. The SMILES string of the molecule is Cl.O=C(O)c1cccc(Nc2ncnc3scc(-c4ccccc4)c23)c1. The summed E-state index contributed by atoms with van der Waals surface area (Å²) in [5.41, 5.74) is 3.04. The first-order valence-electron chi connectivity index (χ1n) is 7.60. The third-order valence-electron chi connectivity index (χ3n) is 3.83. The van der Waals surface area contributed by atoms with Gasteiger partial charge in [-0.15, -0.1) is 23.7 Å². The third-order valence-corrected chi connectivity index (χ3v) is 4.71. The normalized spacial score (nSPS) is 10.3. The number of anilines is 2. The molecule has 0 unspecified atom stereocenters. The van der Waals surface area contributed by atoms with Gasteiger partial charge in [0.2, 0.25) is 0 Å². The summed E-state index contributed by atoms with van der Waals surface area (Å²) in [5, 5.41) is 15.4. The Bertz CT molecular complexity index is 1070. The molecule has 0 bridgehead atoms. The van der Waals surface area contributed by atoms with Crippen molar-refractivity contribution in [1.29, 1.82) is 0 Å². The molecular formula is C19H14ClN3O2S. The Labute approximate surface area is 159 Å². The molecule has 26 heavy (non-hydrogen) atoms. The first-order chi connectivity index (χ1) is 12.2. The number of thiophene rings is 1. The molecule has 2 heterocycles. The number of carboxylic acid groups (broad SMARTS) is 1. The molecule has 4 aromatic rings. The molecule has 4 rings (SSSR count). The molecule has 0 saturated heterocycles. The van der Waals surface area contributed by atoms with Crippen molar-refractivity contribution >= 4 is 51.4 Å². The number of nitrogens with zero attached hydrogens (tertiary/aromatic N) is 2. The molecule has 0 aliphatic heterocycles. The Hall–Kier alpha value is -2.96. The number of hydrogen-bond donors (Lipinski definition) is 2. The van der Waals surface area contributed by atoms with E-state index in [1.54, 1.807) is 29.5 Å². The van der Waals surface area contributed by atoms with Gasteiger partial charge in [-0.3, -0.25) is 0 Å². The zero-order valence-electron chi connectivity index (χ0n) is 13.4. The van der Waals surface area contributed by atoms with E-state index >= 15 is 0 Å². The lowest BCUT2D eigenvalue weighted by molar-refractivity contribution is 0.0697. The quantitative estimate of drug-likeness (QED) is 0.505. The summed E-state index contributed by atoms with van der Waals surface area (Å²) in [6, 6.07) is 16.7. The van der Waals surface area contributed by atoms with E-state index in [4.69, 9.17) is 5.11 Å². The van der Waals surface area contributed by atoms with Gasteiger partial charge in [-0.1, -0.05) is 36.4 Å². The van der Waals surface area contributed by atoms with Gasteiger partial charge >= 0.3 is 5.97 Å². The Kier molecular flexibility index (Phi) is 5.16. The smallest absolute Gasteiger partial charge is 0.335 e. The first kappa shape index (κ1) is 17.8. The van der Waals surface area contributed by atoms with Crippen LogP contribution in [0.3, 0.4) is 0 Å². The first-order valence-corrected chi connectivity index (χ1v) is 8.48. The van der Waals surface area contributed by atoms with E-state index in [0.717, 1.165) is 21.3 Å². The molecule has 0 spiro atoms. The number of benzene rings is 2. The number of nitrogens with one attached hydrogen (secondary N) is 1. The van der Waals surface area contributed by atoms with Gasteiger partial charge in [0.1, 0.15) is 17.0 Å². The standard InChI is InChI=1S/C19H13N3O2S.ClH/c23-19(24)13-7-4-8-14(9-13)22-17-16-15(12-5-2-1-3-6-12)10-25-18(16)21-11-20-17;/h1-11H,(H,23,24)(H,20,21,22);1H. The highest BCUT2D eigenvalue weighted by atomic mass is 35.5. The monoisotopic (exact) mass is 383 g/mol. The van der Waals surface area contributed by atoms with Gasteiger partial charge in [0, 0.05) is 16.6 Å². The Morgan fingerprint density at radius 3 is 2.62 bits per heavy atom. The van der Waals surface area contributed by atoms with Crippen LogP contribution in [-0.4, -0.2) is 21.0 Å². The fourth-order valence-corrected chi connectivity index (χ4v) is 3.58. The minimum Gasteiger partial charge on any atom is -0.478 e. The van der Waals surface area contributed by atoms with Crippen LogP contribution in [0.4, 0.5) is 11.5 Å². The maximum atomic E-state index is 11.2. The average Bonchev–Trinajstić information content (AvgIpc) is 3.08. The molecule has 0 aliphatic carbocycles. The van der Waals surface area contributed by atoms with Crippen molar-refractivity contribution in [2.45, 2.75) is 0 Å². The van der Waals surface area contributed by atoms with Crippen molar-refractivity contribution in [2.24, 2.45) is 0 Å². The molecule has 0 fully saturated rings. The zero-order valence-corrected chi connectivity index (χ0v) is 15.1. The lowest BCUT2D eigenvalue weighted by Crippen LogP contribution is -1.99. The maximum absolute atomic E-state index is 11.2. The highest BCUT2D eigenvalue weighted by Gasteiger charge is 2.13. The second-order valence-corrected chi connectivity index (χ2v) is 6.29. The molecule has 0 aliphatic rings. The summed E-state index contributed by atoms with van der Waals surface area (Å²) in [5.74, 6) is -0.301. The predicted octanol–water partition coefficient (Wildman–Crippen LogP) is 5.22. The van der Waals surface area contributed by atoms with Crippen LogP contribution < -0.4 is 5.32 Å². The van der Waals surface area contributed by atoms with Gasteiger partial charge in [0.05, 0.1) is 10.9 Å². The number of carbonyl (C=O) groups is 1. The second kappa shape index (κ2) is 7.51. The summed E-state index contributed by atoms with van der Waals surface area (Å²) in [6.07, 6.45) is 1.51. The van der Waals surface area contributed by atoms with E-state index in [1.807, 2.05) is 36.4 Å². The van der Waals surface area contributed by atoms with Crippen molar-refractivity contribution in [3.63, 3.8) is 0 Å². The minimum atomic E-state index is -0.961. The van der Waals surface area contributed by atoms with E-state index in [2.05, 4.69) is 20.7 Å². The van der Waals surface area contributed by atoms with Crippen LogP contribution in [0.1, 0.15) is 10.4 Å². The Morgan fingerprint density at radius 2 is 1.85 bits per heavy atom. The van der Waals surface area contributed by atoms with Gasteiger partial charge in [0.15, 0.2) is 0 Å². The number of hydrogen-bond acceptors (Lipinski definition) is 5. The summed E-state index contributed by atoms with van der Waals surface area (Å²) in [6.45, 7) is 0. The van der Waals surface area contributed by atoms with Crippen LogP contribution in [0.2, 0.25) is 0 Å². The van der Waals surface area contributed by atoms with Crippen LogP contribution >= 0.6 is 23.7 Å². The van der Waals surface area contributed by atoms with Crippen LogP contribution in [-0.2, 0) is 0 Å². The summed E-state index contributed by atoms with van der Waals surface area (Å²) < 4.78 is 0. The Balaban J connectivity index is 0.00000196. The van der Waals surface area contributed by atoms with Crippen LogP contribution in [0.15, 0.2) is 66.3 Å². The molecular weight excluding hydrogens is 370 g/mol. The van der Waals surface area contributed by atoms with Gasteiger partial charge in [-0.05, 0) is 23.8 Å². The topological polar surface area (TPSA) is 75.1 Å². The maximum Gasteiger partial charge on any atom is 0.335 e. The zero-order chi connectivity index (χ0) is 17.2. The van der Waals surface area contributed by atoms with Crippen molar-refractivity contribution in [3.05, 3.63) is 71.9 Å². The average molecular weight is 384 g/mol. The molecule has 2 N–H and O–H groups in total. The summed E-state index contributed by atoms with van der Waals surface area (Å²) >= 11 is 1.56.